The maximum atomic E-state index is 13.6. The fraction of sp³-hybridized carbons (Fsp3) is 0.0769. The minimum absolute atomic E-state index is 0.0777. The monoisotopic (exact) mass is 655 g/mol. The Bertz CT molecular complexity index is 1960. The molecule has 8 nitrogen and oxygen atoms in total. The van der Waals surface area contributed by atoms with Crippen molar-refractivity contribution >= 4 is 52.9 Å². The van der Waals surface area contributed by atoms with Crippen molar-refractivity contribution in [3.8, 4) is 0 Å². The van der Waals surface area contributed by atoms with Crippen LogP contribution >= 0.6 is 11.8 Å². The lowest BCUT2D eigenvalue weighted by atomic mass is 10.1. The Hall–Kier alpha value is -5.93. The molecule has 0 aliphatic rings. The summed E-state index contributed by atoms with van der Waals surface area (Å²) in [6.07, 6.45) is 1.62. The second kappa shape index (κ2) is 15.6. The number of aryl methyl sites for hydroxylation is 2. The summed E-state index contributed by atoms with van der Waals surface area (Å²) in [7, 11) is 0. The SMILES string of the molecule is Cc1ccc(/C=C(\NC(=O)c2ccccc2)C(=O)Nc2ccc(SC(C(=O)Nc3cc(C(=O)O)ccc3C)c3ccccc3)cc2)cc1. The van der Waals surface area contributed by atoms with Gasteiger partial charge in [0.1, 0.15) is 10.9 Å². The molecular formula is C39H33N3O5S. The van der Waals surface area contributed by atoms with E-state index < -0.39 is 23.0 Å². The summed E-state index contributed by atoms with van der Waals surface area (Å²) in [6.45, 7) is 3.77. The third-order valence-electron chi connectivity index (χ3n) is 7.37. The van der Waals surface area contributed by atoms with Gasteiger partial charge >= 0.3 is 5.97 Å². The van der Waals surface area contributed by atoms with E-state index >= 15 is 0 Å². The number of carbonyl (C=O) groups excluding carboxylic acids is 3. The second-order valence-corrected chi connectivity index (χ2v) is 12.2. The zero-order valence-electron chi connectivity index (χ0n) is 26.3. The van der Waals surface area contributed by atoms with E-state index in [1.54, 1.807) is 67.6 Å². The van der Waals surface area contributed by atoms with Gasteiger partial charge in [-0.05, 0) is 85.1 Å². The molecule has 0 aliphatic heterocycles. The molecule has 0 aliphatic carbocycles. The predicted molar refractivity (Wildman–Crippen MR) is 190 cm³/mol. The fourth-order valence-corrected chi connectivity index (χ4v) is 5.74. The van der Waals surface area contributed by atoms with Crippen LogP contribution in [-0.2, 0) is 9.59 Å². The Morgan fingerprint density at radius 1 is 0.708 bits per heavy atom. The van der Waals surface area contributed by atoms with E-state index in [0.717, 1.165) is 27.1 Å². The zero-order valence-corrected chi connectivity index (χ0v) is 27.1. The lowest BCUT2D eigenvalue weighted by Gasteiger charge is -2.18. The van der Waals surface area contributed by atoms with E-state index in [4.69, 9.17) is 0 Å². The van der Waals surface area contributed by atoms with E-state index in [9.17, 15) is 24.3 Å². The van der Waals surface area contributed by atoms with Crippen LogP contribution in [0.15, 0.2) is 138 Å². The number of thioether (sulfide) groups is 1. The van der Waals surface area contributed by atoms with Gasteiger partial charge < -0.3 is 21.1 Å². The van der Waals surface area contributed by atoms with Crippen LogP contribution < -0.4 is 16.0 Å². The largest absolute Gasteiger partial charge is 0.478 e. The van der Waals surface area contributed by atoms with Crippen molar-refractivity contribution in [1.82, 2.24) is 5.32 Å². The third kappa shape index (κ3) is 8.86. The number of hydrogen-bond donors (Lipinski definition) is 4. The Labute approximate surface area is 282 Å². The van der Waals surface area contributed by atoms with Gasteiger partial charge in [-0.1, -0.05) is 84.4 Å². The number of hydrogen-bond acceptors (Lipinski definition) is 5. The van der Waals surface area contributed by atoms with E-state index in [1.165, 1.54) is 23.9 Å². The maximum Gasteiger partial charge on any atom is 0.335 e. The molecule has 240 valence electrons. The Kier molecular flexibility index (Phi) is 10.8. The van der Waals surface area contributed by atoms with Gasteiger partial charge in [0.2, 0.25) is 5.91 Å². The van der Waals surface area contributed by atoms with Crippen molar-refractivity contribution in [3.63, 3.8) is 0 Å². The Balaban J connectivity index is 1.34. The van der Waals surface area contributed by atoms with Crippen molar-refractivity contribution in [1.29, 1.82) is 0 Å². The predicted octanol–water partition coefficient (Wildman–Crippen LogP) is 7.88. The molecule has 0 aromatic heterocycles. The first kappa shape index (κ1) is 33.4. The molecule has 1 unspecified atom stereocenters. The van der Waals surface area contributed by atoms with Crippen LogP contribution in [0.2, 0.25) is 0 Å². The summed E-state index contributed by atoms with van der Waals surface area (Å²) in [5.74, 6) is -2.30. The number of carboxylic acid groups (broad SMARTS) is 1. The van der Waals surface area contributed by atoms with Crippen molar-refractivity contribution in [3.05, 3.63) is 166 Å². The van der Waals surface area contributed by atoms with Gasteiger partial charge in [-0.3, -0.25) is 14.4 Å². The van der Waals surface area contributed by atoms with Crippen molar-refractivity contribution in [2.45, 2.75) is 24.0 Å². The van der Waals surface area contributed by atoms with Crippen LogP contribution in [-0.4, -0.2) is 28.8 Å². The molecule has 0 saturated carbocycles. The molecule has 5 aromatic rings. The van der Waals surface area contributed by atoms with E-state index in [-0.39, 0.29) is 17.2 Å². The first-order chi connectivity index (χ1) is 23.2. The van der Waals surface area contributed by atoms with E-state index in [2.05, 4.69) is 16.0 Å². The molecule has 0 heterocycles. The summed E-state index contributed by atoms with van der Waals surface area (Å²) in [5.41, 5.74) is 4.82. The minimum atomic E-state index is -1.08. The zero-order chi connectivity index (χ0) is 34.0. The molecular weight excluding hydrogens is 623 g/mol. The van der Waals surface area contributed by atoms with Crippen LogP contribution in [0, 0.1) is 13.8 Å². The topological polar surface area (TPSA) is 125 Å². The number of carboxylic acids is 1. The normalized spacial score (nSPS) is 11.7. The Morgan fingerprint density at radius 3 is 2.00 bits per heavy atom. The number of anilines is 2. The summed E-state index contributed by atoms with van der Waals surface area (Å²) in [5, 5.41) is 17.3. The molecule has 48 heavy (non-hydrogen) atoms. The minimum Gasteiger partial charge on any atom is -0.478 e. The van der Waals surface area contributed by atoms with Crippen molar-refractivity contribution in [2.75, 3.05) is 10.6 Å². The highest BCUT2D eigenvalue weighted by atomic mass is 32.2. The average molecular weight is 656 g/mol. The summed E-state index contributed by atoms with van der Waals surface area (Å²) >= 11 is 1.32. The molecule has 5 rings (SSSR count). The van der Waals surface area contributed by atoms with Crippen molar-refractivity contribution < 1.29 is 24.3 Å². The highest BCUT2D eigenvalue weighted by Crippen LogP contribution is 2.37. The smallest absolute Gasteiger partial charge is 0.335 e. The van der Waals surface area contributed by atoms with Crippen LogP contribution in [0.1, 0.15) is 48.2 Å². The molecule has 0 bridgehead atoms. The standard InChI is InChI=1S/C39H33N3O5S/c1-25-13-16-27(17-14-25)23-34(42-36(43)29-11-7-4-8-12-29)37(44)40-31-19-21-32(22-20-31)48-35(28-9-5-3-6-10-28)38(45)41-33-24-30(39(46)47)18-15-26(33)2/h3-24,35H,1-2H3,(H,40,44)(H,41,45)(H,42,43)(H,46,47)/b34-23-. The maximum absolute atomic E-state index is 13.6. The van der Waals surface area contributed by atoms with Gasteiger partial charge in [0.25, 0.3) is 11.8 Å². The van der Waals surface area contributed by atoms with Gasteiger partial charge in [-0.25, -0.2) is 4.79 Å². The molecule has 3 amide bonds. The van der Waals surface area contributed by atoms with Crippen molar-refractivity contribution in [2.24, 2.45) is 0 Å². The van der Waals surface area contributed by atoms with Gasteiger partial charge in [0.15, 0.2) is 0 Å². The van der Waals surface area contributed by atoms with Gasteiger partial charge in [-0.2, -0.15) is 0 Å². The Morgan fingerprint density at radius 2 is 1.35 bits per heavy atom. The lowest BCUT2D eigenvalue weighted by molar-refractivity contribution is -0.116. The summed E-state index contributed by atoms with van der Waals surface area (Å²) in [4.78, 5) is 52.3. The number of rotatable bonds is 11. The second-order valence-electron chi connectivity index (χ2n) is 11.0. The highest BCUT2D eigenvalue weighted by molar-refractivity contribution is 8.00. The number of carbonyl (C=O) groups is 4. The fourth-order valence-electron chi connectivity index (χ4n) is 4.71. The molecule has 0 spiro atoms. The average Bonchev–Trinajstić information content (AvgIpc) is 3.10. The van der Waals surface area contributed by atoms with Crippen LogP contribution in [0.3, 0.4) is 0 Å². The van der Waals surface area contributed by atoms with Gasteiger partial charge in [-0.15, -0.1) is 11.8 Å². The molecule has 0 radical (unpaired) electrons. The van der Waals surface area contributed by atoms with Crippen LogP contribution in [0.5, 0.6) is 0 Å². The molecule has 1 atom stereocenters. The lowest BCUT2D eigenvalue weighted by Crippen LogP contribution is -2.30. The van der Waals surface area contributed by atoms with E-state index in [1.807, 2.05) is 67.6 Å². The van der Waals surface area contributed by atoms with Crippen LogP contribution in [0.25, 0.3) is 6.08 Å². The first-order valence-electron chi connectivity index (χ1n) is 15.1. The number of aromatic carboxylic acids is 1. The molecule has 0 fully saturated rings. The van der Waals surface area contributed by atoms with Gasteiger partial charge in [0.05, 0.1) is 5.56 Å². The van der Waals surface area contributed by atoms with Gasteiger partial charge in [0, 0.05) is 21.8 Å². The van der Waals surface area contributed by atoms with E-state index in [0.29, 0.717) is 16.9 Å². The highest BCUT2D eigenvalue weighted by Gasteiger charge is 2.23. The number of benzene rings is 5. The molecule has 5 aromatic carbocycles. The molecule has 0 saturated heterocycles. The molecule has 4 N–H and O–H groups in total. The van der Waals surface area contributed by atoms with Crippen LogP contribution in [0.4, 0.5) is 11.4 Å². The third-order valence-corrected chi connectivity index (χ3v) is 8.63. The molecule has 9 heteroatoms. The summed E-state index contributed by atoms with van der Waals surface area (Å²) < 4.78 is 0. The quantitative estimate of drug-likeness (QED) is 0.0848. The number of nitrogens with one attached hydrogen (secondary N) is 3. The first-order valence-corrected chi connectivity index (χ1v) is 16.0. The number of amides is 3. The summed E-state index contributed by atoms with van der Waals surface area (Å²) in [6, 6.07) is 37.2.